The van der Waals surface area contributed by atoms with Crippen LogP contribution in [-0.4, -0.2) is 57.6 Å². The smallest absolute Gasteiger partial charge is 0.141 e. The van der Waals surface area contributed by atoms with Crippen molar-refractivity contribution in [3.63, 3.8) is 0 Å². The number of nitrogens with one attached hydrogen (secondary N) is 2. The fraction of sp³-hybridized carbons (Fsp3) is 0.333. The van der Waals surface area contributed by atoms with E-state index in [1.165, 1.54) is 18.3 Å². The number of piperidine rings is 1. The van der Waals surface area contributed by atoms with E-state index >= 15 is 0 Å². The van der Waals surface area contributed by atoms with Crippen LogP contribution in [0.3, 0.4) is 0 Å². The Kier molecular flexibility index (Phi) is 9.48. The Morgan fingerprint density at radius 3 is 2.46 bits per heavy atom. The van der Waals surface area contributed by atoms with Gasteiger partial charge in [0.05, 0.1) is 45.1 Å². The van der Waals surface area contributed by atoms with Gasteiger partial charge in [0.1, 0.15) is 17.6 Å². The number of likely N-dealkylation sites (tertiary alicyclic amines) is 1. The molecule has 0 bridgehead atoms. The van der Waals surface area contributed by atoms with Crippen molar-refractivity contribution in [3.8, 4) is 6.07 Å². The normalized spacial score (nSPS) is 14.9. The summed E-state index contributed by atoms with van der Waals surface area (Å²) in [7, 11) is 4.01. The zero-order valence-corrected chi connectivity index (χ0v) is 29.1. The molecule has 0 aliphatic carbocycles. The van der Waals surface area contributed by atoms with Crippen molar-refractivity contribution in [2.24, 2.45) is 0 Å². The molecule has 5 aromatic rings. The molecular formula is C36H38Cl2FN9. The van der Waals surface area contributed by atoms with Crippen molar-refractivity contribution in [3.05, 3.63) is 99.7 Å². The molecule has 6 rings (SSSR count). The van der Waals surface area contributed by atoms with E-state index in [9.17, 15) is 9.65 Å². The monoisotopic (exact) mass is 685 g/mol. The number of aromatic nitrogens is 4. The summed E-state index contributed by atoms with van der Waals surface area (Å²) in [5.74, 6) is -0.534. The van der Waals surface area contributed by atoms with Gasteiger partial charge in [-0.3, -0.25) is 9.88 Å². The van der Waals surface area contributed by atoms with Gasteiger partial charge in [-0.25, -0.2) is 9.07 Å². The first-order valence-corrected chi connectivity index (χ1v) is 16.6. The fourth-order valence-electron chi connectivity index (χ4n) is 6.16. The summed E-state index contributed by atoms with van der Waals surface area (Å²) >= 11 is 12.9. The minimum absolute atomic E-state index is 0.0344. The molecular weight excluding hydrogens is 648 g/mol. The summed E-state index contributed by atoms with van der Waals surface area (Å²) in [4.78, 5) is 9.06. The van der Waals surface area contributed by atoms with Crippen LogP contribution in [0.2, 0.25) is 10.0 Å². The molecule has 2 aromatic heterocycles. The second kappa shape index (κ2) is 13.6. The fourth-order valence-corrected chi connectivity index (χ4v) is 6.61. The average Bonchev–Trinajstić information content (AvgIpc) is 3.55. The number of nitrogens with zero attached hydrogens (tertiary/aromatic N) is 7. The predicted octanol–water partition coefficient (Wildman–Crippen LogP) is 8.59. The first-order chi connectivity index (χ1) is 22.9. The highest BCUT2D eigenvalue weighted by Gasteiger charge is 2.29. The van der Waals surface area contributed by atoms with Crippen molar-refractivity contribution in [1.82, 2.24) is 24.9 Å². The third-order valence-electron chi connectivity index (χ3n) is 8.88. The number of nitriles is 1. The zero-order chi connectivity index (χ0) is 34.2. The molecule has 1 saturated heterocycles. The summed E-state index contributed by atoms with van der Waals surface area (Å²) < 4.78 is 15.9. The molecule has 1 unspecified atom stereocenters. The number of anilines is 4. The van der Waals surface area contributed by atoms with Crippen LogP contribution in [0.4, 0.5) is 27.1 Å². The van der Waals surface area contributed by atoms with Crippen LogP contribution in [0.5, 0.6) is 0 Å². The molecule has 12 heteroatoms. The number of pyridine rings is 1. The minimum atomic E-state index is -0.534. The maximum atomic E-state index is 13.9. The second-order valence-corrected chi connectivity index (χ2v) is 14.2. The maximum absolute atomic E-state index is 13.9. The van der Waals surface area contributed by atoms with Crippen LogP contribution >= 0.6 is 23.2 Å². The largest absolute Gasteiger partial charge is 0.378 e. The summed E-state index contributed by atoms with van der Waals surface area (Å²) in [5.41, 5.74) is 5.44. The van der Waals surface area contributed by atoms with Crippen molar-refractivity contribution in [2.75, 3.05) is 42.7 Å². The van der Waals surface area contributed by atoms with E-state index in [4.69, 9.17) is 23.2 Å². The van der Waals surface area contributed by atoms with E-state index in [1.807, 2.05) is 43.2 Å². The van der Waals surface area contributed by atoms with Gasteiger partial charge in [-0.05, 0) is 81.6 Å². The van der Waals surface area contributed by atoms with Gasteiger partial charge < -0.3 is 15.5 Å². The van der Waals surface area contributed by atoms with Crippen molar-refractivity contribution in [1.29, 1.82) is 5.26 Å². The van der Waals surface area contributed by atoms with Crippen LogP contribution in [0, 0.1) is 17.1 Å². The Hall–Kier alpha value is -4.43. The highest BCUT2D eigenvalue weighted by Crippen LogP contribution is 2.38. The zero-order valence-electron chi connectivity index (χ0n) is 27.6. The molecule has 1 fully saturated rings. The first kappa shape index (κ1) is 33.5. The molecule has 9 nitrogen and oxygen atoms in total. The van der Waals surface area contributed by atoms with Gasteiger partial charge in [-0.2, -0.15) is 5.26 Å². The number of rotatable bonds is 8. The molecule has 248 valence electrons. The SMILES string of the molecule is CN(C)c1cccc(C(Nc2cc(Cl)c3ncc(C#N)c(Nc4ccc(F)c(Cl)c4)c3c2)c2cn(C3CCN(C(C)(C)C)CC3)nn2)c1. The van der Waals surface area contributed by atoms with Crippen LogP contribution in [-0.2, 0) is 0 Å². The molecule has 3 aromatic carbocycles. The Bertz CT molecular complexity index is 1990. The number of hydrogen-bond donors (Lipinski definition) is 2. The molecule has 48 heavy (non-hydrogen) atoms. The summed E-state index contributed by atoms with van der Waals surface area (Å²) in [5, 5.41) is 27.2. The second-order valence-electron chi connectivity index (χ2n) is 13.3. The maximum Gasteiger partial charge on any atom is 0.141 e. The van der Waals surface area contributed by atoms with Gasteiger partial charge in [-0.1, -0.05) is 40.5 Å². The summed E-state index contributed by atoms with van der Waals surface area (Å²) in [6.07, 6.45) is 5.50. The van der Waals surface area contributed by atoms with E-state index in [0.29, 0.717) is 38.6 Å². The van der Waals surface area contributed by atoms with Crippen molar-refractivity contribution in [2.45, 2.75) is 51.2 Å². The third kappa shape index (κ3) is 7.04. The van der Waals surface area contributed by atoms with Crippen LogP contribution in [0.25, 0.3) is 10.9 Å². The van der Waals surface area contributed by atoms with Crippen LogP contribution in [0.15, 0.2) is 67.0 Å². The number of hydrogen-bond acceptors (Lipinski definition) is 8. The average molecular weight is 687 g/mol. The van der Waals surface area contributed by atoms with Crippen LogP contribution in [0.1, 0.15) is 62.5 Å². The molecule has 0 spiro atoms. The van der Waals surface area contributed by atoms with E-state index < -0.39 is 5.82 Å². The standard InChI is InChI=1S/C36H38Cl2FN9/c1-36(2,3)47-13-11-26(12-14-47)48-21-32(44-45-48)34(22-7-6-8-27(15-22)46(4)5)43-25-16-28-33(42-24-9-10-31(39)29(37)17-24)23(19-40)20-41-35(28)30(38)18-25/h6-10,15-18,20-21,26,34,43H,11-14H2,1-5H3,(H,41,42). The lowest BCUT2D eigenvalue weighted by Gasteiger charge is -2.40. The molecule has 1 aliphatic heterocycles. The van der Waals surface area contributed by atoms with Crippen molar-refractivity contribution < 1.29 is 4.39 Å². The van der Waals surface area contributed by atoms with Gasteiger partial charge in [-0.15, -0.1) is 5.10 Å². The van der Waals surface area contributed by atoms with Gasteiger partial charge >= 0.3 is 0 Å². The highest BCUT2D eigenvalue weighted by molar-refractivity contribution is 6.36. The minimum Gasteiger partial charge on any atom is -0.378 e. The summed E-state index contributed by atoms with van der Waals surface area (Å²) in [6, 6.07) is 18.4. The molecule has 0 saturated carbocycles. The molecule has 1 atom stereocenters. The van der Waals surface area contributed by atoms with Gasteiger partial charge in [0.2, 0.25) is 0 Å². The molecule has 1 aliphatic rings. The lowest BCUT2D eigenvalue weighted by atomic mass is 9.98. The molecule has 3 heterocycles. The Balaban J connectivity index is 1.39. The lowest BCUT2D eigenvalue weighted by Crippen LogP contribution is -2.46. The Morgan fingerprint density at radius 1 is 1.02 bits per heavy atom. The number of fused-ring (bicyclic) bond motifs is 1. The lowest BCUT2D eigenvalue weighted by molar-refractivity contribution is 0.0866. The van der Waals surface area contributed by atoms with Gasteiger partial charge in [0.15, 0.2) is 0 Å². The van der Waals surface area contributed by atoms with Crippen molar-refractivity contribution >= 4 is 56.9 Å². The molecule has 2 N–H and O–H groups in total. The van der Waals surface area contributed by atoms with Crippen LogP contribution < -0.4 is 15.5 Å². The number of benzene rings is 3. The molecule has 0 amide bonds. The number of halogens is 3. The van der Waals surface area contributed by atoms with Gasteiger partial charge in [0, 0.05) is 61.4 Å². The Labute approximate surface area is 290 Å². The highest BCUT2D eigenvalue weighted by atomic mass is 35.5. The van der Waals surface area contributed by atoms with E-state index in [2.05, 4.69) is 80.8 Å². The third-order valence-corrected chi connectivity index (χ3v) is 9.45. The quantitative estimate of drug-likeness (QED) is 0.168. The van der Waals surface area contributed by atoms with Gasteiger partial charge in [0.25, 0.3) is 0 Å². The van der Waals surface area contributed by atoms with E-state index in [0.717, 1.165) is 42.9 Å². The predicted molar refractivity (Wildman–Crippen MR) is 192 cm³/mol. The Morgan fingerprint density at radius 2 is 1.77 bits per heavy atom. The summed E-state index contributed by atoms with van der Waals surface area (Å²) in [6.45, 7) is 8.78. The first-order valence-electron chi connectivity index (χ1n) is 15.9. The van der Waals surface area contributed by atoms with E-state index in [1.54, 1.807) is 6.07 Å². The van der Waals surface area contributed by atoms with E-state index in [-0.39, 0.29) is 22.6 Å². The molecule has 0 radical (unpaired) electrons. The topological polar surface area (TPSA) is 97.9 Å².